The maximum Gasteiger partial charge on any atom is 0.160 e. The van der Waals surface area contributed by atoms with Crippen molar-refractivity contribution in [3.63, 3.8) is 0 Å². The fourth-order valence-electron chi connectivity index (χ4n) is 1.59. The van der Waals surface area contributed by atoms with Crippen molar-refractivity contribution in [1.29, 1.82) is 0 Å². The third-order valence-corrected chi connectivity index (χ3v) is 2.77. The number of hydrogen-bond acceptors (Lipinski definition) is 3. The van der Waals surface area contributed by atoms with Gasteiger partial charge in [0.1, 0.15) is 5.75 Å². The lowest BCUT2D eigenvalue weighted by Gasteiger charge is -2.08. The fourth-order valence-corrected chi connectivity index (χ4v) is 1.82. The molecule has 2 aromatic carbocycles. The van der Waals surface area contributed by atoms with Gasteiger partial charge in [0, 0.05) is 10.6 Å². The van der Waals surface area contributed by atoms with Crippen LogP contribution in [0.4, 0.5) is 0 Å². The summed E-state index contributed by atoms with van der Waals surface area (Å²) in [7, 11) is 1.48. The molecule has 0 heterocycles. The van der Waals surface area contributed by atoms with Crippen molar-refractivity contribution in [3.8, 4) is 28.4 Å². The molecule has 17 heavy (non-hydrogen) atoms. The van der Waals surface area contributed by atoms with Gasteiger partial charge in [-0.05, 0) is 35.9 Å². The summed E-state index contributed by atoms with van der Waals surface area (Å²) in [6, 6.07) is 9.61. The summed E-state index contributed by atoms with van der Waals surface area (Å²) in [5, 5.41) is 19.6. The maximum atomic E-state index is 9.68. The summed E-state index contributed by atoms with van der Waals surface area (Å²) in [4.78, 5) is 0. The number of methoxy groups -OCH3 is 1. The molecule has 0 saturated carbocycles. The molecule has 88 valence electrons. The Hall–Kier alpha value is -1.87. The molecule has 0 bridgehead atoms. The number of aromatic hydroxyl groups is 2. The number of hydrogen-bond donors (Lipinski definition) is 2. The predicted molar refractivity (Wildman–Crippen MR) is 66.8 cm³/mol. The van der Waals surface area contributed by atoms with Crippen LogP contribution in [0.5, 0.6) is 17.2 Å². The van der Waals surface area contributed by atoms with E-state index in [2.05, 4.69) is 0 Å². The van der Waals surface area contributed by atoms with E-state index in [1.165, 1.54) is 13.2 Å². The van der Waals surface area contributed by atoms with Crippen LogP contribution in [-0.2, 0) is 0 Å². The van der Waals surface area contributed by atoms with E-state index < -0.39 is 0 Å². The predicted octanol–water partition coefficient (Wildman–Crippen LogP) is 3.43. The Morgan fingerprint density at radius 3 is 2.47 bits per heavy atom. The molecule has 3 nitrogen and oxygen atoms in total. The average molecular weight is 251 g/mol. The summed E-state index contributed by atoms with van der Waals surface area (Å²) >= 11 is 6.03. The first kappa shape index (κ1) is 11.6. The van der Waals surface area contributed by atoms with Crippen molar-refractivity contribution >= 4 is 11.6 Å². The van der Waals surface area contributed by atoms with Gasteiger partial charge in [-0.25, -0.2) is 0 Å². The van der Waals surface area contributed by atoms with Gasteiger partial charge in [0.2, 0.25) is 0 Å². The lowest BCUT2D eigenvalue weighted by atomic mass is 10.0. The maximum absolute atomic E-state index is 9.68. The minimum Gasteiger partial charge on any atom is -0.508 e. The molecule has 0 unspecified atom stereocenters. The van der Waals surface area contributed by atoms with Gasteiger partial charge in [0.05, 0.1) is 7.11 Å². The van der Waals surface area contributed by atoms with Crippen LogP contribution in [0, 0.1) is 0 Å². The van der Waals surface area contributed by atoms with Gasteiger partial charge in [-0.15, -0.1) is 0 Å². The van der Waals surface area contributed by atoms with Crippen molar-refractivity contribution in [3.05, 3.63) is 41.4 Å². The highest BCUT2D eigenvalue weighted by Gasteiger charge is 2.08. The Labute approximate surface area is 104 Å². The van der Waals surface area contributed by atoms with Crippen LogP contribution in [0.3, 0.4) is 0 Å². The van der Waals surface area contributed by atoms with E-state index in [1.54, 1.807) is 30.3 Å². The van der Waals surface area contributed by atoms with Crippen molar-refractivity contribution in [2.24, 2.45) is 0 Å². The molecular weight excluding hydrogens is 240 g/mol. The molecule has 0 amide bonds. The molecule has 0 atom stereocenters. The molecule has 2 rings (SSSR count). The second-order valence-electron chi connectivity index (χ2n) is 3.55. The lowest BCUT2D eigenvalue weighted by Crippen LogP contribution is -1.85. The van der Waals surface area contributed by atoms with Gasteiger partial charge < -0.3 is 14.9 Å². The normalized spacial score (nSPS) is 10.2. The van der Waals surface area contributed by atoms with Crippen molar-refractivity contribution in [2.75, 3.05) is 7.11 Å². The molecule has 0 fully saturated rings. The van der Waals surface area contributed by atoms with Crippen molar-refractivity contribution in [2.45, 2.75) is 0 Å². The fraction of sp³-hybridized carbons (Fsp3) is 0.0769. The van der Waals surface area contributed by atoms with Crippen molar-refractivity contribution < 1.29 is 14.9 Å². The minimum absolute atomic E-state index is 0.0319. The van der Waals surface area contributed by atoms with E-state index in [0.717, 1.165) is 0 Å². The zero-order valence-electron chi connectivity index (χ0n) is 9.14. The Kier molecular flexibility index (Phi) is 3.11. The first-order valence-electron chi connectivity index (χ1n) is 4.97. The monoisotopic (exact) mass is 250 g/mol. The molecule has 0 aliphatic heterocycles. The summed E-state index contributed by atoms with van der Waals surface area (Å²) in [6.07, 6.45) is 0. The van der Waals surface area contributed by atoms with Crippen LogP contribution >= 0.6 is 11.6 Å². The molecule has 2 N–H and O–H groups in total. The quantitative estimate of drug-likeness (QED) is 0.859. The summed E-state index contributed by atoms with van der Waals surface area (Å²) in [5.74, 6) is 0.550. The number of halogens is 1. The molecule has 0 saturated heterocycles. The topological polar surface area (TPSA) is 49.7 Å². The number of phenols is 2. The van der Waals surface area contributed by atoms with E-state index >= 15 is 0 Å². The van der Waals surface area contributed by atoms with Crippen LogP contribution in [0.15, 0.2) is 36.4 Å². The SMILES string of the molecule is COc1ccc(-c2cc(O)ccc2Cl)cc1O. The molecule has 0 radical (unpaired) electrons. The molecule has 4 heteroatoms. The zero-order valence-corrected chi connectivity index (χ0v) is 9.90. The van der Waals surface area contributed by atoms with E-state index in [0.29, 0.717) is 21.9 Å². The molecule has 2 aromatic rings. The Balaban J connectivity index is 2.53. The third-order valence-electron chi connectivity index (χ3n) is 2.44. The Bertz CT molecular complexity index is 552. The smallest absolute Gasteiger partial charge is 0.160 e. The second kappa shape index (κ2) is 4.55. The summed E-state index contributed by atoms with van der Waals surface area (Å²) in [5.41, 5.74) is 1.37. The highest BCUT2D eigenvalue weighted by Crippen LogP contribution is 2.35. The van der Waals surface area contributed by atoms with Crippen LogP contribution < -0.4 is 4.74 Å². The van der Waals surface area contributed by atoms with E-state index in [9.17, 15) is 10.2 Å². The van der Waals surface area contributed by atoms with Crippen LogP contribution in [0.25, 0.3) is 11.1 Å². The lowest BCUT2D eigenvalue weighted by molar-refractivity contribution is 0.373. The van der Waals surface area contributed by atoms with Gasteiger partial charge in [-0.3, -0.25) is 0 Å². The summed E-state index contributed by atoms with van der Waals surface area (Å²) in [6.45, 7) is 0. The van der Waals surface area contributed by atoms with Gasteiger partial charge in [0.15, 0.2) is 11.5 Å². The first-order chi connectivity index (χ1) is 8.11. The number of benzene rings is 2. The first-order valence-corrected chi connectivity index (χ1v) is 5.35. The van der Waals surface area contributed by atoms with Gasteiger partial charge in [-0.1, -0.05) is 17.7 Å². The van der Waals surface area contributed by atoms with E-state index in [-0.39, 0.29) is 11.5 Å². The van der Waals surface area contributed by atoms with Crippen LogP contribution in [0.1, 0.15) is 0 Å². The van der Waals surface area contributed by atoms with Crippen LogP contribution in [0.2, 0.25) is 5.02 Å². The van der Waals surface area contributed by atoms with E-state index in [1.807, 2.05) is 0 Å². The highest BCUT2D eigenvalue weighted by molar-refractivity contribution is 6.33. The highest BCUT2D eigenvalue weighted by atomic mass is 35.5. The number of phenolic OH excluding ortho intramolecular Hbond substituents is 2. The number of rotatable bonds is 2. The standard InChI is InChI=1S/C13H11ClO3/c1-17-13-5-2-8(6-12(13)16)10-7-9(15)3-4-11(10)14/h2-7,15-16H,1H3. The minimum atomic E-state index is 0.0319. The summed E-state index contributed by atoms with van der Waals surface area (Å²) < 4.78 is 4.96. The zero-order chi connectivity index (χ0) is 12.4. The van der Waals surface area contributed by atoms with E-state index in [4.69, 9.17) is 16.3 Å². The molecule has 0 aromatic heterocycles. The van der Waals surface area contributed by atoms with Crippen LogP contribution in [-0.4, -0.2) is 17.3 Å². The molecule has 0 aliphatic rings. The molecule has 0 spiro atoms. The largest absolute Gasteiger partial charge is 0.508 e. The Morgan fingerprint density at radius 1 is 1.06 bits per heavy atom. The average Bonchev–Trinajstić information content (AvgIpc) is 2.32. The van der Waals surface area contributed by atoms with Gasteiger partial charge >= 0.3 is 0 Å². The van der Waals surface area contributed by atoms with Crippen molar-refractivity contribution in [1.82, 2.24) is 0 Å². The van der Waals surface area contributed by atoms with Gasteiger partial charge in [-0.2, -0.15) is 0 Å². The number of ether oxygens (including phenoxy) is 1. The third kappa shape index (κ3) is 2.29. The second-order valence-corrected chi connectivity index (χ2v) is 3.96. The molecule has 0 aliphatic carbocycles. The molecular formula is C13H11ClO3. The van der Waals surface area contributed by atoms with Gasteiger partial charge in [0.25, 0.3) is 0 Å². The Morgan fingerprint density at radius 2 is 1.82 bits per heavy atom.